The Kier molecular flexibility index (Phi) is 3.95. The molecule has 1 aliphatic rings. The van der Waals surface area contributed by atoms with Crippen LogP contribution < -0.4 is 0 Å². The zero-order valence-corrected chi connectivity index (χ0v) is 14.0. The molecule has 7 heteroatoms. The number of nitrogens with zero attached hydrogens (tertiary/aromatic N) is 2. The second-order valence-corrected chi connectivity index (χ2v) is 6.55. The van der Waals surface area contributed by atoms with Crippen LogP contribution in [0.1, 0.15) is 34.3 Å². The lowest BCUT2D eigenvalue weighted by atomic mass is 10.0. The zero-order chi connectivity index (χ0) is 16.5. The Morgan fingerprint density at radius 1 is 1.42 bits per heavy atom. The average molecular weight is 343 g/mol. The Hall–Kier alpha value is -2.38. The Labute approximate surface area is 143 Å². The molecule has 1 unspecified atom stereocenters. The van der Waals surface area contributed by atoms with Gasteiger partial charge in [0.15, 0.2) is 5.69 Å². The molecule has 124 valence electrons. The second kappa shape index (κ2) is 6.26. The minimum absolute atomic E-state index is 0.0680. The molecule has 1 aliphatic heterocycles. The monoisotopic (exact) mass is 343 g/mol. The first-order valence-corrected chi connectivity index (χ1v) is 8.64. The Bertz CT molecular complexity index is 824. The molecule has 0 bridgehead atoms. The van der Waals surface area contributed by atoms with E-state index in [2.05, 4.69) is 10.2 Å². The highest BCUT2D eigenvalue weighted by Gasteiger charge is 2.43. The molecule has 0 saturated carbocycles. The number of rotatable bonds is 6. The number of methoxy groups -OCH3 is 1. The van der Waals surface area contributed by atoms with E-state index in [1.54, 1.807) is 24.7 Å². The molecule has 0 spiro atoms. The summed E-state index contributed by atoms with van der Waals surface area (Å²) in [5.41, 5.74) is 2.27. The lowest BCUT2D eigenvalue weighted by Crippen LogP contribution is -2.31. The van der Waals surface area contributed by atoms with Gasteiger partial charge in [-0.05, 0) is 30.0 Å². The molecule has 0 saturated heterocycles. The van der Waals surface area contributed by atoms with Crippen molar-refractivity contribution in [3.63, 3.8) is 0 Å². The molecular formula is C17H17N3O3S. The number of aromatic nitrogens is 2. The first kappa shape index (κ1) is 15.2. The van der Waals surface area contributed by atoms with Crippen LogP contribution >= 0.6 is 11.3 Å². The van der Waals surface area contributed by atoms with Crippen molar-refractivity contribution >= 4 is 17.2 Å². The number of carbonyl (C=O) groups is 1. The topological polar surface area (TPSA) is 71.4 Å². The molecule has 3 aromatic heterocycles. The van der Waals surface area contributed by atoms with Gasteiger partial charge in [0, 0.05) is 25.8 Å². The summed E-state index contributed by atoms with van der Waals surface area (Å²) in [5.74, 6) is 0.681. The Balaban J connectivity index is 1.78. The molecular weight excluding hydrogens is 326 g/mol. The van der Waals surface area contributed by atoms with E-state index in [1.165, 1.54) is 0 Å². The van der Waals surface area contributed by atoms with Gasteiger partial charge >= 0.3 is 0 Å². The maximum absolute atomic E-state index is 12.8. The average Bonchev–Trinajstić information content (AvgIpc) is 3.34. The van der Waals surface area contributed by atoms with Gasteiger partial charge < -0.3 is 14.1 Å². The second-order valence-electron chi connectivity index (χ2n) is 5.60. The minimum atomic E-state index is -0.254. The van der Waals surface area contributed by atoms with Crippen molar-refractivity contribution < 1.29 is 13.9 Å². The van der Waals surface area contributed by atoms with E-state index in [4.69, 9.17) is 9.15 Å². The van der Waals surface area contributed by atoms with Crippen LogP contribution in [-0.4, -0.2) is 41.3 Å². The number of carbonyl (C=O) groups excluding carboxylic acids is 1. The van der Waals surface area contributed by atoms with Crippen molar-refractivity contribution in [2.75, 3.05) is 20.3 Å². The van der Waals surface area contributed by atoms with Crippen molar-refractivity contribution in [3.05, 3.63) is 52.9 Å². The number of fused-ring (bicyclic) bond motifs is 1. The summed E-state index contributed by atoms with van der Waals surface area (Å²) in [5, 5.41) is 9.34. The number of hydrogen-bond acceptors (Lipinski definition) is 5. The van der Waals surface area contributed by atoms with Gasteiger partial charge in [-0.25, -0.2) is 0 Å². The van der Waals surface area contributed by atoms with E-state index < -0.39 is 0 Å². The normalized spacial score (nSPS) is 16.8. The van der Waals surface area contributed by atoms with E-state index in [0.29, 0.717) is 18.8 Å². The van der Waals surface area contributed by atoms with Gasteiger partial charge in [0.25, 0.3) is 5.91 Å². The molecule has 4 rings (SSSR count). The summed E-state index contributed by atoms with van der Waals surface area (Å²) in [6.45, 7) is 1.20. The maximum atomic E-state index is 12.8. The number of amides is 1. The number of hydrogen-bond donors (Lipinski definition) is 1. The fourth-order valence-electron chi connectivity index (χ4n) is 3.15. The van der Waals surface area contributed by atoms with Crippen LogP contribution in [0.5, 0.6) is 0 Å². The van der Waals surface area contributed by atoms with Crippen LogP contribution in [0.2, 0.25) is 0 Å². The fraction of sp³-hybridized carbons (Fsp3) is 0.294. The minimum Gasteiger partial charge on any atom is -0.467 e. The fourth-order valence-corrected chi connectivity index (χ4v) is 3.88. The van der Waals surface area contributed by atoms with Gasteiger partial charge in [-0.15, -0.1) is 11.3 Å². The van der Waals surface area contributed by atoms with Crippen molar-refractivity contribution in [1.29, 1.82) is 0 Å². The smallest absolute Gasteiger partial charge is 0.275 e. The van der Waals surface area contributed by atoms with Gasteiger partial charge in [-0.1, -0.05) is 6.07 Å². The lowest BCUT2D eigenvalue weighted by molar-refractivity contribution is 0.0708. The predicted molar refractivity (Wildman–Crippen MR) is 90.0 cm³/mol. The largest absolute Gasteiger partial charge is 0.467 e. The van der Waals surface area contributed by atoms with Crippen LogP contribution in [0.25, 0.3) is 10.6 Å². The lowest BCUT2D eigenvalue weighted by Gasteiger charge is -2.24. The standard InChI is InChI=1S/C17H17N3O3S/c1-22-8-4-7-20-16(11-5-2-9-23-11)13-14(12-6-3-10-24-12)18-19-15(13)17(20)21/h2-3,5-6,9-10,16H,4,7-8H2,1H3,(H,18,19). The van der Waals surface area contributed by atoms with Gasteiger partial charge in [0.1, 0.15) is 11.8 Å². The molecule has 24 heavy (non-hydrogen) atoms. The molecule has 6 nitrogen and oxygen atoms in total. The van der Waals surface area contributed by atoms with Crippen molar-refractivity contribution in [2.45, 2.75) is 12.5 Å². The highest BCUT2D eigenvalue weighted by molar-refractivity contribution is 7.13. The van der Waals surface area contributed by atoms with Crippen LogP contribution in [0, 0.1) is 0 Å². The van der Waals surface area contributed by atoms with Crippen molar-refractivity contribution in [1.82, 2.24) is 15.1 Å². The van der Waals surface area contributed by atoms with Crippen molar-refractivity contribution in [3.8, 4) is 10.6 Å². The van der Waals surface area contributed by atoms with E-state index >= 15 is 0 Å². The molecule has 3 aromatic rings. The third-order valence-electron chi connectivity index (χ3n) is 4.18. The summed E-state index contributed by atoms with van der Waals surface area (Å²) in [7, 11) is 1.66. The summed E-state index contributed by atoms with van der Waals surface area (Å²) in [6.07, 6.45) is 2.40. The van der Waals surface area contributed by atoms with E-state index in [1.807, 2.05) is 34.5 Å². The number of furan rings is 1. The van der Waals surface area contributed by atoms with E-state index in [0.717, 1.165) is 28.3 Å². The first-order chi connectivity index (χ1) is 11.8. The Morgan fingerprint density at radius 2 is 2.33 bits per heavy atom. The highest BCUT2D eigenvalue weighted by atomic mass is 32.1. The van der Waals surface area contributed by atoms with Gasteiger partial charge in [0.2, 0.25) is 0 Å². The van der Waals surface area contributed by atoms with Gasteiger partial charge in [0.05, 0.1) is 16.8 Å². The SMILES string of the molecule is COCCCN1C(=O)c2n[nH]c(-c3cccs3)c2C1c1ccco1. The molecule has 0 aromatic carbocycles. The molecule has 0 fully saturated rings. The molecule has 0 radical (unpaired) electrons. The molecule has 1 amide bonds. The number of ether oxygens (including phenoxy) is 1. The third-order valence-corrected chi connectivity index (χ3v) is 5.07. The number of aromatic amines is 1. The quantitative estimate of drug-likeness (QED) is 0.697. The molecule has 0 aliphatic carbocycles. The predicted octanol–water partition coefficient (Wildman–Crippen LogP) is 3.31. The zero-order valence-electron chi connectivity index (χ0n) is 13.2. The maximum Gasteiger partial charge on any atom is 0.275 e. The summed E-state index contributed by atoms with van der Waals surface area (Å²) in [6, 6.07) is 7.51. The van der Waals surface area contributed by atoms with Crippen LogP contribution in [0.4, 0.5) is 0 Å². The number of nitrogens with one attached hydrogen (secondary N) is 1. The number of H-pyrrole nitrogens is 1. The van der Waals surface area contributed by atoms with Crippen LogP contribution in [0.3, 0.4) is 0 Å². The molecule has 1 N–H and O–H groups in total. The summed E-state index contributed by atoms with van der Waals surface area (Å²) < 4.78 is 10.8. The summed E-state index contributed by atoms with van der Waals surface area (Å²) >= 11 is 1.62. The van der Waals surface area contributed by atoms with Crippen LogP contribution in [-0.2, 0) is 4.74 Å². The van der Waals surface area contributed by atoms with Crippen molar-refractivity contribution in [2.24, 2.45) is 0 Å². The van der Waals surface area contributed by atoms with Gasteiger partial charge in [-0.2, -0.15) is 5.10 Å². The highest BCUT2D eigenvalue weighted by Crippen LogP contribution is 2.43. The first-order valence-electron chi connectivity index (χ1n) is 7.76. The Morgan fingerprint density at radius 3 is 3.04 bits per heavy atom. The molecule has 1 atom stereocenters. The van der Waals surface area contributed by atoms with E-state index in [9.17, 15) is 4.79 Å². The van der Waals surface area contributed by atoms with Gasteiger partial charge in [-0.3, -0.25) is 9.89 Å². The molecule has 4 heterocycles. The summed E-state index contributed by atoms with van der Waals surface area (Å²) in [4.78, 5) is 15.7. The van der Waals surface area contributed by atoms with E-state index in [-0.39, 0.29) is 11.9 Å². The third kappa shape index (κ3) is 2.37. The number of thiophene rings is 1. The van der Waals surface area contributed by atoms with Crippen LogP contribution in [0.15, 0.2) is 40.3 Å².